The van der Waals surface area contributed by atoms with Crippen LogP contribution in [-0.4, -0.2) is 40.3 Å². The third-order valence-corrected chi connectivity index (χ3v) is 2.30. The second kappa shape index (κ2) is 6.78. The Balaban J connectivity index is 2.61. The van der Waals surface area contributed by atoms with Crippen LogP contribution >= 0.6 is 0 Å². The summed E-state index contributed by atoms with van der Waals surface area (Å²) in [6.45, 7) is 5.00. The van der Waals surface area contributed by atoms with E-state index in [2.05, 4.69) is 15.6 Å². The molecule has 1 heterocycles. The number of aliphatic carboxylic acids is 1. The summed E-state index contributed by atoms with van der Waals surface area (Å²) in [5.74, 6) is -0.836. The zero-order valence-electron chi connectivity index (χ0n) is 12.2. The van der Waals surface area contributed by atoms with Gasteiger partial charge in [-0.05, 0) is 32.9 Å². The molecule has 0 aliphatic heterocycles. The van der Waals surface area contributed by atoms with E-state index < -0.39 is 23.7 Å². The number of amides is 1. The highest BCUT2D eigenvalue weighted by Gasteiger charge is 2.24. The Morgan fingerprint density at radius 1 is 1.48 bits per heavy atom. The zero-order chi connectivity index (χ0) is 16.0. The highest BCUT2D eigenvalue weighted by molar-refractivity contribution is 5.80. The second-order valence-corrected chi connectivity index (χ2v) is 5.36. The minimum absolute atomic E-state index is 0.0736. The number of hydrogen-bond acceptors (Lipinski definition) is 6. The molecule has 0 bridgehead atoms. The molecule has 0 aliphatic rings. The summed E-state index contributed by atoms with van der Waals surface area (Å²) in [7, 11) is 0. The van der Waals surface area contributed by atoms with Crippen LogP contribution in [0.5, 0.6) is 0 Å². The van der Waals surface area contributed by atoms with E-state index in [0.717, 1.165) is 0 Å². The monoisotopic (exact) mass is 296 g/mol. The highest BCUT2D eigenvalue weighted by atomic mass is 16.6. The van der Waals surface area contributed by atoms with Gasteiger partial charge in [-0.3, -0.25) is 0 Å². The first kappa shape index (κ1) is 16.5. The Morgan fingerprint density at radius 3 is 2.67 bits per heavy atom. The number of hydrogen-bond donors (Lipinski definition) is 4. The number of anilines is 2. The van der Waals surface area contributed by atoms with E-state index in [0.29, 0.717) is 11.5 Å². The Morgan fingerprint density at radius 2 is 2.14 bits per heavy atom. The molecule has 1 amide bonds. The van der Waals surface area contributed by atoms with Crippen LogP contribution in [-0.2, 0) is 9.53 Å². The lowest BCUT2D eigenvalue weighted by atomic mass is 10.2. The molecule has 1 rings (SSSR count). The third-order valence-electron chi connectivity index (χ3n) is 2.30. The number of aromatic nitrogens is 1. The molecule has 0 aromatic carbocycles. The van der Waals surface area contributed by atoms with Crippen LogP contribution in [0.15, 0.2) is 18.3 Å². The van der Waals surface area contributed by atoms with Crippen LogP contribution < -0.4 is 16.4 Å². The second-order valence-electron chi connectivity index (χ2n) is 5.36. The lowest BCUT2D eigenvalue weighted by Crippen LogP contribution is -2.47. The van der Waals surface area contributed by atoms with Crippen LogP contribution in [0.2, 0.25) is 0 Å². The van der Waals surface area contributed by atoms with Gasteiger partial charge in [0.05, 0.1) is 5.69 Å². The molecule has 1 aromatic heterocycles. The molecular formula is C13H20N4O4. The van der Waals surface area contributed by atoms with Crippen LogP contribution in [0.25, 0.3) is 0 Å². The number of ether oxygens (including phenoxy) is 1. The Bertz CT molecular complexity index is 513. The van der Waals surface area contributed by atoms with Gasteiger partial charge in [0, 0.05) is 12.7 Å². The van der Waals surface area contributed by atoms with Crippen molar-refractivity contribution in [1.29, 1.82) is 0 Å². The molecule has 8 heteroatoms. The molecule has 0 saturated heterocycles. The molecule has 1 atom stereocenters. The number of carboxylic acids is 1. The summed E-state index contributed by atoms with van der Waals surface area (Å²) in [4.78, 5) is 26.7. The number of nitrogens with one attached hydrogen (secondary N) is 2. The summed E-state index contributed by atoms with van der Waals surface area (Å²) in [6.07, 6.45) is 0.723. The number of nitrogens with two attached hydrogens (primary N) is 1. The molecule has 5 N–H and O–H groups in total. The lowest BCUT2D eigenvalue weighted by Gasteiger charge is -2.22. The van der Waals surface area contributed by atoms with E-state index in [-0.39, 0.29) is 6.54 Å². The number of rotatable bonds is 5. The molecular weight excluding hydrogens is 276 g/mol. The van der Waals surface area contributed by atoms with E-state index in [4.69, 9.17) is 15.6 Å². The fraction of sp³-hybridized carbons (Fsp3) is 0.462. The molecule has 0 radical (unpaired) electrons. The maximum atomic E-state index is 11.6. The van der Waals surface area contributed by atoms with Crippen molar-refractivity contribution in [2.45, 2.75) is 32.4 Å². The number of carbonyl (C=O) groups is 2. The van der Waals surface area contributed by atoms with E-state index in [1.165, 1.54) is 6.20 Å². The van der Waals surface area contributed by atoms with E-state index in [9.17, 15) is 9.59 Å². The molecule has 0 saturated carbocycles. The first-order valence-corrected chi connectivity index (χ1v) is 6.36. The first-order chi connectivity index (χ1) is 9.69. The van der Waals surface area contributed by atoms with Crippen molar-refractivity contribution in [1.82, 2.24) is 10.3 Å². The van der Waals surface area contributed by atoms with Crippen LogP contribution in [0.3, 0.4) is 0 Å². The minimum atomic E-state index is -1.19. The first-order valence-electron chi connectivity index (χ1n) is 6.36. The standard InChI is InChI=1S/C13H20N4O4/c1-13(2,3)21-12(20)17-9(11(18)19)7-16-10-8(14)5-4-6-15-10/h4-6,9H,7,14H2,1-3H3,(H,15,16)(H,17,20)(H,18,19). The van der Waals surface area contributed by atoms with Gasteiger partial charge < -0.3 is 26.2 Å². The third kappa shape index (κ3) is 5.98. The van der Waals surface area contributed by atoms with Gasteiger partial charge in [0.2, 0.25) is 0 Å². The van der Waals surface area contributed by atoms with Crippen molar-refractivity contribution in [3.8, 4) is 0 Å². The summed E-state index contributed by atoms with van der Waals surface area (Å²) in [6, 6.07) is 2.13. The quantitative estimate of drug-likeness (QED) is 0.639. The van der Waals surface area contributed by atoms with Gasteiger partial charge in [-0.25, -0.2) is 14.6 Å². The number of alkyl carbamates (subject to hydrolysis) is 1. The smallest absolute Gasteiger partial charge is 0.408 e. The fourth-order valence-corrected chi connectivity index (χ4v) is 1.41. The maximum Gasteiger partial charge on any atom is 0.408 e. The van der Waals surface area contributed by atoms with E-state index in [1.54, 1.807) is 32.9 Å². The molecule has 116 valence electrons. The van der Waals surface area contributed by atoms with Crippen LogP contribution in [0.1, 0.15) is 20.8 Å². The number of carbonyl (C=O) groups excluding carboxylic acids is 1. The number of pyridine rings is 1. The van der Waals surface area contributed by atoms with Gasteiger partial charge in [0.1, 0.15) is 17.5 Å². The van der Waals surface area contributed by atoms with Gasteiger partial charge in [-0.1, -0.05) is 0 Å². The van der Waals surface area contributed by atoms with Gasteiger partial charge >= 0.3 is 12.1 Å². The minimum Gasteiger partial charge on any atom is -0.480 e. The summed E-state index contributed by atoms with van der Waals surface area (Å²) in [5, 5.41) is 14.2. The van der Waals surface area contributed by atoms with Gasteiger partial charge in [-0.15, -0.1) is 0 Å². The fourth-order valence-electron chi connectivity index (χ4n) is 1.41. The Kier molecular flexibility index (Phi) is 5.34. The predicted octanol–water partition coefficient (Wildman–Crippen LogP) is 1.05. The van der Waals surface area contributed by atoms with Crippen molar-refractivity contribution in [3.63, 3.8) is 0 Å². The topological polar surface area (TPSA) is 127 Å². The summed E-state index contributed by atoms with van der Waals surface area (Å²) >= 11 is 0. The number of nitrogen functional groups attached to an aromatic ring is 1. The molecule has 1 unspecified atom stereocenters. The molecule has 21 heavy (non-hydrogen) atoms. The van der Waals surface area contributed by atoms with Crippen molar-refractivity contribution in [2.24, 2.45) is 0 Å². The molecule has 0 spiro atoms. The molecule has 1 aromatic rings. The van der Waals surface area contributed by atoms with Crippen molar-refractivity contribution >= 4 is 23.6 Å². The Hall–Kier alpha value is -2.51. The van der Waals surface area contributed by atoms with Crippen molar-refractivity contribution in [2.75, 3.05) is 17.6 Å². The van der Waals surface area contributed by atoms with Crippen LogP contribution in [0.4, 0.5) is 16.3 Å². The molecule has 8 nitrogen and oxygen atoms in total. The summed E-state index contributed by atoms with van der Waals surface area (Å²) < 4.78 is 5.01. The van der Waals surface area contributed by atoms with Gasteiger partial charge in [0.15, 0.2) is 0 Å². The maximum absolute atomic E-state index is 11.6. The lowest BCUT2D eigenvalue weighted by molar-refractivity contribution is -0.139. The van der Waals surface area contributed by atoms with Crippen molar-refractivity contribution < 1.29 is 19.4 Å². The highest BCUT2D eigenvalue weighted by Crippen LogP contribution is 2.12. The summed E-state index contributed by atoms with van der Waals surface area (Å²) in [5.41, 5.74) is 5.37. The van der Waals surface area contributed by atoms with Crippen LogP contribution in [0, 0.1) is 0 Å². The van der Waals surface area contributed by atoms with Gasteiger partial charge in [-0.2, -0.15) is 0 Å². The van der Waals surface area contributed by atoms with E-state index in [1.807, 2.05) is 0 Å². The number of nitrogens with zero attached hydrogens (tertiary/aromatic N) is 1. The molecule has 0 fully saturated rings. The van der Waals surface area contributed by atoms with E-state index >= 15 is 0 Å². The average Bonchev–Trinajstić information content (AvgIpc) is 2.33. The largest absolute Gasteiger partial charge is 0.480 e. The predicted molar refractivity (Wildman–Crippen MR) is 77.9 cm³/mol. The normalized spacial score (nSPS) is 12.3. The average molecular weight is 296 g/mol. The van der Waals surface area contributed by atoms with Gasteiger partial charge in [0.25, 0.3) is 0 Å². The molecule has 0 aliphatic carbocycles. The Labute approximate surface area is 122 Å². The zero-order valence-corrected chi connectivity index (χ0v) is 12.2. The number of carboxylic acid groups (broad SMARTS) is 1. The SMILES string of the molecule is CC(C)(C)OC(=O)NC(CNc1ncccc1N)C(=O)O. The van der Waals surface area contributed by atoms with Crippen molar-refractivity contribution in [3.05, 3.63) is 18.3 Å².